The van der Waals surface area contributed by atoms with E-state index < -0.39 is 47.5 Å². The molecule has 3 rings (SSSR count). The molecule has 2 unspecified atom stereocenters. The number of thiazole rings is 1. The number of carbonyl (C=O) groups is 1. The van der Waals surface area contributed by atoms with Crippen LogP contribution in [-0.4, -0.2) is 60.7 Å². The number of ether oxygens (including phenoxy) is 1. The van der Waals surface area contributed by atoms with Gasteiger partial charge in [-0.15, -0.1) is 0 Å². The molecule has 1 aliphatic heterocycles. The molecule has 2 aromatic rings. The molecule has 1 aliphatic rings. The molecule has 5 N–H and O–H groups in total. The molecule has 0 spiro atoms. The minimum atomic E-state index is -1.50. The summed E-state index contributed by atoms with van der Waals surface area (Å²) in [7, 11) is 0. The van der Waals surface area contributed by atoms with Gasteiger partial charge in [-0.3, -0.25) is 29.3 Å². The van der Waals surface area contributed by atoms with Crippen LogP contribution < -0.4 is 15.7 Å². The quantitative estimate of drug-likeness (QED) is 0.409. The Hall–Kier alpha value is -2.12. The van der Waals surface area contributed by atoms with Crippen molar-refractivity contribution in [1.29, 1.82) is 0 Å². The first-order chi connectivity index (χ1) is 11.3. The fourth-order valence-electron chi connectivity index (χ4n) is 2.47. The Bertz CT molecular complexity index is 903. The van der Waals surface area contributed by atoms with Crippen LogP contribution >= 0.6 is 11.3 Å². The third-order valence-corrected chi connectivity index (χ3v) is 4.48. The molecule has 1 amide bonds. The van der Waals surface area contributed by atoms with E-state index in [0.29, 0.717) is 11.3 Å². The number of nitrogens with zero attached hydrogens (tertiary/aromatic N) is 2. The predicted molar refractivity (Wildman–Crippen MR) is 81.8 cm³/mol. The van der Waals surface area contributed by atoms with E-state index in [1.165, 1.54) is 6.92 Å². The lowest BCUT2D eigenvalue weighted by atomic mass is 10.1. The van der Waals surface area contributed by atoms with Crippen LogP contribution in [0.1, 0.15) is 13.2 Å². The van der Waals surface area contributed by atoms with Gasteiger partial charge in [0.05, 0.1) is 6.61 Å². The highest BCUT2D eigenvalue weighted by atomic mass is 32.1. The highest BCUT2D eigenvalue weighted by Gasteiger charge is 2.44. The van der Waals surface area contributed by atoms with Crippen LogP contribution in [0.15, 0.2) is 9.59 Å². The molecule has 1 saturated heterocycles. The van der Waals surface area contributed by atoms with E-state index in [0.717, 1.165) is 4.57 Å². The number of fused-ring (bicyclic) bond motifs is 1. The number of H-pyrrole nitrogens is 1. The van der Waals surface area contributed by atoms with Crippen molar-refractivity contribution in [1.82, 2.24) is 14.5 Å². The summed E-state index contributed by atoms with van der Waals surface area (Å²) >= 11 is 0.585. The zero-order valence-corrected chi connectivity index (χ0v) is 13.1. The van der Waals surface area contributed by atoms with E-state index in [-0.39, 0.29) is 16.3 Å². The Morgan fingerprint density at radius 1 is 1.42 bits per heavy atom. The summed E-state index contributed by atoms with van der Waals surface area (Å²) in [5.74, 6) is -0.646. The van der Waals surface area contributed by atoms with Crippen LogP contribution in [0.2, 0.25) is 0 Å². The fourth-order valence-corrected chi connectivity index (χ4v) is 3.31. The highest BCUT2D eigenvalue weighted by molar-refractivity contribution is 7.16. The summed E-state index contributed by atoms with van der Waals surface area (Å²) in [5, 5.41) is 31.3. The number of rotatable bonds is 3. The zero-order chi connectivity index (χ0) is 17.6. The van der Waals surface area contributed by atoms with Crippen molar-refractivity contribution in [3.63, 3.8) is 0 Å². The number of anilines is 1. The number of hydrogen-bond donors (Lipinski definition) is 5. The maximum atomic E-state index is 12.2. The first kappa shape index (κ1) is 16.7. The molecule has 3 heterocycles. The lowest BCUT2D eigenvalue weighted by Crippen LogP contribution is -2.34. The first-order valence-electron chi connectivity index (χ1n) is 6.89. The Morgan fingerprint density at radius 2 is 2.12 bits per heavy atom. The summed E-state index contributed by atoms with van der Waals surface area (Å²) in [6, 6.07) is 0. The fraction of sp³-hybridized carbons (Fsp3) is 0.500. The van der Waals surface area contributed by atoms with Crippen LogP contribution in [0.3, 0.4) is 0 Å². The molecular weight excluding hydrogens is 344 g/mol. The average Bonchev–Trinajstić information content (AvgIpc) is 2.97. The van der Waals surface area contributed by atoms with Gasteiger partial charge in [-0.25, -0.2) is 0 Å². The minimum absolute atomic E-state index is 0.0214. The lowest BCUT2D eigenvalue weighted by molar-refractivity contribution is -0.114. The summed E-state index contributed by atoms with van der Waals surface area (Å²) in [6.45, 7) is 0.660. The van der Waals surface area contributed by atoms with Crippen molar-refractivity contribution in [2.75, 3.05) is 11.9 Å². The maximum Gasteiger partial charge on any atom is 0.311 e. The summed E-state index contributed by atoms with van der Waals surface area (Å²) in [4.78, 5) is 41.1. The molecule has 12 heteroatoms. The van der Waals surface area contributed by atoms with Gasteiger partial charge < -0.3 is 20.1 Å². The Balaban J connectivity index is 2.16. The molecule has 130 valence electrons. The Kier molecular flexibility index (Phi) is 4.23. The number of aliphatic hydroxyl groups is 3. The molecule has 0 aliphatic carbocycles. The van der Waals surface area contributed by atoms with Gasteiger partial charge in [-0.1, -0.05) is 11.3 Å². The predicted octanol–water partition coefficient (Wildman–Crippen LogP) is -2.28. The SMILES string of the molecule is CC(=O)Nc1nc2c(sc(=O)n2C2OC(CO)[C@@H](O)[C@H]2O)c(=O)[nH]1. The topological polar surface area (TPSA) is 167 Å². The Morgan fingerprint density at radius 3 is 2.71 bits per heavy atom. The largest absolute Gasteiger partial charge is 0.394 e. The maximum absolute atomic E-state index is 12.2. The lowest BCUT2D eigenvalue weighted by Gasteiger charge is -2.16. The molecule has 0 aromatic carbocycles. The van der Waals surface area contributed by atoms with Crippen molar-refractivity contribution in [3.05, 3.63) is 20.0 Å². The van der Waals surface area contributed by atoms with Gasteiger partial charge in [-0.05, 0) is 0 Å². The average molecular weight is 358 g/mol. The third kappa shape index (κ3) is 2.63. The van der Waals surface area contributed by atoms with E-state index in [2.05, 4.69) is 15.3 Å². The third-order valence-electron chi connectivity index (χ3n) is 3.54. The van der Waals surface area contributed by atoms with E-state index in [4.69, 9.17) is 9.84 Å². The van der Waals surface area contributed by atoms with Gasteiger partial charge in [0.15, 0.2) is 11.9 Å². The zero-order valence-electron chi connectivity index (χ0n) is 12.3. The number of hydrogen-bond acceptors (Lipinski definition) is 9. The van der Waals surface area contributed by atoms with Crippen molar-refractivity contribution in [2.45, 2.75) is 31.5 Å². The second-order valence-electron chi connectivity index (χ2n) is 5.22. The van der Waals surface area contributed by atoms with Crippen molar-refractivity contribution in [3.8, 4) is 0 Å². The molecule has 0 radical (unpaired) electrons. The minimum Gasteiger partial charge on any atom is -0.394 e. The van der Waals surface area contributed by atoms with Gasteiger partial charge in [0, 0.05) is 6.92 Å². The number of aromatic amines is 1. The standard InChI is InChI=1S/C12H14N4O7S/c1-3(18)13-11-14-8-7(9(21)15-11)24-12(22)16(8)10-6(20)5(19)4(2-17)23-10/h4-6,10,17,19-20H,2H2,1H3,(H2,13,14,15,18,21)/t4?,5-,6-,10?/m1/s1. The van der Waals surface area contributed by atoms with Crippen LogP contribution in [0.5, 0.6) is 0 Å². The summed E-state index contributed by atoms with van der Waals surface area (Å²) in [6.07, 6.45) is -5.30. The summed E-state index contributed by atoms with van der Waals surface area (Å²) in [5.41, 5.74) is -0.747. The normalized spacial score (nSPS) is 26.8. The molecule has 1 fully saturated rings. The van der Waals surface area contributed by atoms with Crippen LogP contribution in [-0.2, 0) is 9.53 Å². The summed E-state index contributed by atoms with van der Waals surface area (Å²) < 4.78 is 6.21. The van der Waals surface area contributed by atoms with Gasteiger partial charge in [0.25, 0.3) is 5.56 Å². The second-order valence-corrected chi connectivity index (χ2v) is 6.18. The molecule has 2 aromatic heterocycles. The van der Waals surface area contributed by atoms with Crippen molar-refractivity contribution >= 4 is 33.5 Å². The van der Waals surface area contributed by atoms with E-state index in [1.807, 2.05) is 0 Å². The molecule has 0 saturated carbocycles. The smallest absolute Gasteiger partial charge is 0.311 e. The van der Waals surface area contributed by atoms with Gasteiger partial charge in [0.1, 0.15) is 23.0 Å². The second kappa shape index (κ2) is 6.07. The number of aromatic nitrogens is 3. The first-order valence-corrected chi connectivity index (χ1v) is 7.70. The number of amides is 1. The van der Waals surface area contributed by atoms with Gasteiger partial charge >= 0.3 is 4.87 Å². The highest BCUT2D eigenvalue weighted by Crippen LogP contribution is 2.30. The number of nitrogens with one attached hydrogen (secondary N) is 2. The van der Waals surface area contributed by atoms with Crippen LogP contribution in [0.4, 0.5) is 5.95 Å². The van der Waals surface area contributed by atoms with E-state index >= 15 is 0 Å². The Labute approximate surface area is 137 Å². The molecule has 0 bridgehead atoms. The monoisotopic (exact) mass is 358 g/mol. The van der Waals surface area contributed by atoms with Crippen molar-refractivity contribution < 1.29 is 24.9 Å². The molecular formula is C12H14N4O7S. The number of aliphatic hydroxyl groups excluding tert-OH is 3. The van der Waals surface area contributed by atoms with Gasteiger partial charge in [-0.2, -0.15) is 4.98 Å². The van der Waals surface area contributed by atoms with Crippen molar-refractivity contribution in [2.24, 2.45) is 0 Å². The number of carbonyl (C=O) groups excluding carboxylic acids is 1. The van der Waals surface area contributed by atoms with Crippen LogP contribution in [0, 0.1) is 0 Å². The van der Waals surface area contributed by atoms with Crippen LogP contribution in [0.25, 0.3) is 10.3 Å². The van der Waals surface area contributed by atoms with Gasteiger partial charge in [0.2, 0.25) is 11.9 Å². The van der Waals surface area contributed by atoms with E-state index in [9.17, 15) is 24.6 Å². The molecule has 4 atom stereocenters. The van der Waals surface area contributed by atoms with E-state index in [1.54, 1.807) is 0 Å². The molecule has 24 heavy (non-hydrogen) atoms. The molecule has 11 nitrogen and oxygen atoms in total.